The van der Waals surface area contributed by atoms with Crippen molar-refractivity contribution in [3.63, 3.8) is 0 Å². The number of pyridine rings is 1. The zero-order valence-corrected chi connectivity index (χ0v) is 15.3. The van der Waals surface area contributed by atoms with E-state index in [-0.39, 0.29) is 0 Å². The van der Waals surface area contributed by atoms with Gasteiger partial charge in [0.1, 0.15) is 0 Å². The highest BCUT2D eigenvalue weighted by Crippen LogP contribution is 2.38. The van der Waals surface area contributed by atoms with Gasteiger partial charge in [-0.05, 0) is 51.1 Å². The highest BCUT2D eigenvalue weighted by molar-refractivity contribution is 5.75. The lowest BCUT2D eigenvalue weighted by Crippen LogP contribution is -2.20. The number of likely N-dealkylation sites (N-methyl/N-ethyl adjacent to an activating group) is 1. The molecule has 1 aromatic heterocycles. The van der Waals surface area contributed by atoms with E-state index in [0.717, 1.165) is 42.7 Å². The molecule has 0 bridgehead atoms. The minimum Gasteiger partial charge on any atom is -0.504 e. The largest absolute Gasteiger partial charge is 0.511 e. The molecule has 0 amide bonds. The fourth-order valence-electron chi connectivity index (χ4n) is 3.30. The molecule has 4 N–H and O–H groups in total. The van der Waals surface area contributed by atoms with E-state index in [1.54, 1.807) is 0 Å². The molecule has 8 nitrogen and oxygen atoms in total. The number of aromatic nitrogens is 1. The van der Waals surface area contributed by atoms with E-state index in [1.165, 1.54) is 0 Å². The quantitative estimate of drug-likeness (QED) is 0.594. The Morgan fingerprint density at radius 3 is 2.81 bits per heavy atom. The lowest BCUT2D eigenvalue weighted by atomic mass is 10.00. The van der Waals surface area contributed by atoms with Gasteiger partial charge in [-0.15, -0.1) is 0 Å². The van der Waals surface area contributed by atoms with Crippen LogP contribution in [0.5, 0.6) is 11.5 Å². The number of hydrogen-bond donors (Lipinski definition) is 4. The molecule has 0 spiro atoms. The van der Waals surface area contributed by atoms with Gasteiger partial charge in [0.25, 0.3) is 5.56 Å². The van der Waals surface area contributed by atoms with Crippen LogP contribution in [-0.4, -0.2) is 53.4 Å². The highest BCUT2D eigenvalue weighted by Gasteiger charge is 2.24. The first-order valence-corrected chi connectivity index (χ1v) is 8.77. The molecule has 1 aliphatic rings. The minimum absolute atomic E-state index is 0.405. The molecule has 0 unspecified atom stereocenters. The van der Waals surface area contributed by atoms with Crippen LogP contribution in [-0.2, 0) is 12.8 Å². The van der Waals surface area contributed by atoms with Crippen LogP contribution in [0.15, 0.2) is 23.0 Å². The summed E-state index contributed by atoms with van der Waals surface area (Å²) in [6.45, 7) is 1.73. The third-order valence-corrected chi connectivity index (χ3v) is 4.57. The first kappa shape index (κ1) is 18.8. The van der Waals surface area contributed by atoms with Gasteiger partial charge in [-0.25, -0.2) is 4.79 Å². The number of fused-ring (bicyclic) bond motifs is 3. The summed E-state index contributed by atoms with van der Waals surface area (Å²) in [7, 11) is 4.03. The number of benzene rings is 1. The normalized spacial score (nSPS) is 12.9. The number of H-pyrrole nitrogens is 1. The Morgan fingerprint density at radius 1 is 1.33 bits per heavy atom. The third-order valence-electron chi connectivity index (χ3n) is 4.57. The van der Waals surface area contributed by atoms with Crippen molar-refractivity contribution in [2.45, 2.75) is 19.3 Å². The Balaban J connectivity index is 1.99. The van der Waals surface area contributed by atoms with Gasteiger partial charge in [-0.3, -0.25) is 4.79 Å². The van der Waals surface area contributed by atoms with Crippen molar-refractivity contribution in [2.24, 2.45) is 0 Å². The number of anilines is 1. The number of hydrogen-bond acceptors (Lipinski definition) is 6. The van der Waals surface area contributed by atoms with Gasteiger partial charge in [-0.1, -0.05) is 6.07 Å². The lowest BCUT2D eigenvalue weighted by molar-refractivity contribution is 0.142. The number of aromatic amines is 1. The fourth-order valence-corrected chi connectivity index (χ4v) is 3.30. The van der Waals surface area contributed by atoms with Crippen molar-refractivity contribution in [1.29, 1.82) is 0 Å². The van der Waals surface area contributed by atoms with Crippen LogP contribution >= 0.6 is 0 Å². The molecule has 144 valence electrons. The highest BCUT2D eigenvalue weighted by atomic mass is 16.7. The SMILES string of the molecule is CN(C)CCNc1ccc2c(c1)CCCc1c-2[nH]c(=O)c(OC(=O)O)c1O. The topological polar surface area (TPSA) is 115 Å². The molecule has 0 radical (unpaired) electrons. The van der Waals surface area contributed by atoms with Crippen molar-refractivity contribution in [3.8, 4) is 22.8 Å². The zero-order chi connectivity index (χ0) is 19.6. The predicted octanol–water partition coefficient (Wildman–Crippen LogP) is 2.27. The maximum atomic E-state index is 12.2. The molecule has 1 heterocycles. The Bertz CT molecular complexity index is 920. The first-order chi connectivity index (χ1) is 12.9. The Morgan fingerprint density at radius 2 is 2.11 bits per heavy atom. The minimum atomic E-state index is -1.64. The van der Waals surface area contributed by atoms with Crippen LogP contribution < -0.4 is 15.6 Å². The third kappa shape index (κ3) is 4.06. The molecule has 0 fully saturated rings. The van der Waals surface area contributed by atoms with Crippen LogP contribution in [0.4, 0.5) is 10.5 Å². The zero-order valence-electron chi connectivity index (χ0n) is 15.3. The number of rotatable bonds is 5. The van der Waals surface area contributed by atoms with E-state index in [4.69, 9.17) is 5.11 Å². The van der Waals surface area contributed by atoms with Crippen molar-refractivity contribution in [1.82, 2.24) is 9.88 Å². The second-order valence-corrected chi connectivity index (χ2v) is 6.81. The summed E-state index contributed by atoms with van der Waals surface area (Å²) < 4.78 is 4.46. The van der Waals surface area contributed by atoms with Crippen molar-refractivity contribution >= 4 is 11.8 Å². The van der Waals surface area contributed by atoms with Crippen molar-refractivity contribution in [2.75, 3.05) is 32.5 Å². The predicted molar refractivity (Wildman–Crippen MR) is 102 cm³/mol. The van der Waals surface area contributed by atoms with Crippen LogP contribution in [0.2, 0.25) is 0 Å². The molecule has 1 aromatic carbocycles. The van der Waals surface area contributed by atoms with E-state index in [9.17, 15) is 14.7 Å². The monoisotopic (exact) mass is 373 g/mol. The summed E-state index contributed by atoms with van der Waals surface area (Å²) in [4.78, 5) is 27.8. The van der Waals surface area contributed by atoms with Gasteiger partial charge in [0.15, 0.2) is 5.75 Å². The lowest BCUT2D eigenvalue weighted by Gasteiger charge is -2.15. The van der Waals surface area contributed by atoms with Gasteiger partial charge < -0.3 is 30.2 Å². The summed E-state index contributed by atoms with van der Waals surface area (Å²) in [5.41, 5.74) is 3.13. The molecule has 3 rings (SSSR count). The van der Waals surface area contributed by atoms with Crippen molar-refractivity contribution in [3.05, 3.63) is 39.7 Å². The summed E-state index contributed by atoms with van der Waals surface area (Å²) in [5, 5.41) is 22.6. The average Bonchev–Trinajstić information content (AvgIpc) is 2.77. The number of nitrogens with zero attached hydrogens (tertiary/aromatic N) is 1. The summed E-state index contributed by atoms with van der Waals surface area (Å²) >= 11 is 0. The van der Waals surface area contributed by atoms with E-state index >= 15 is 0 Å². The molecule has 0 saturated carbocycles. The Kier molecular flexibility index (Phi) is 5.36. The molecule has 0 aliphatic heterocycles. The molecular weight excluding hydrogens is 350 g/mol. The van der Waals surface area contributed by atoms with Gasteiger partial charge in [0, 0.05) is 29.9 Å². The molecule has 2 aromatic rings. The van der Waals surface area contributed by atoms with Gasteiger partial charge in [-0.2, -0.15) is 0 Å². The van der Waals surface area contributed by atoms with Gasteiger partial charge in [0.05, 0.1) is 5.69 Å². The summed E-state index contributed by atoms with van der Waals surface area (Å²) in [6.07, 6.45) is 0.404. The number of ether oxygens (including phenoxy) is 1. The second-order valence-electron chi connectivity index (χ2n) is 6.81. The van der Waals surface area contributed by atoms with Crippen LogP contribution in [0.3, 0.4) is 0 Å². The number of aryl methyl sites for hydroxylation is 1. The van der Waals surface area contributed by atoms with Gasteiger partial charge in [0.2, 0.25) is 5.75 Å². The first-order valence-electron chi connectivity index (χ1n) is 8.77. The molecule has 27 heavy (non-hydrogen) atoms. The van der Waals surface area contributed by atoms with Crippen molar-refractivity contribution < 1.29 is 19.7 Å². The molecule has 8 heteroatoms. The van der Waals surface area contributed by atoms with E-state index in [0.29, 0.717) is 17.7 Å². The van der Waals surface area contributed by atoms with Crippen LogP contribution in [0, 0.1) is 0 Å². The summed E-state index contributed by atoms with van der Waals surface area (Å²) in [5.74, 6) is -0.983. The van der Waals surface area contributed by atoms with E-state index in [1.807, 2.05) is 26.2 Å². The molecule has 0 saturated heterocycles. The fraction of sp³-hybridized carbons (Fsp3) is 0.368. The maximum Gasteiger partial charge on any atom is 0.511 e. The Labute approximate surface area is 156 Å². The maximum absolute atomic E-state index is 12.2. The number of aromatic hydroxyl groups is 1. The number of carboxylic acid groups (broad SMARTS) is 1. The van der Waals surface area contributed by atoms with Crippen LogP contribution in [0.25, 0.3) is 11.3 Å². The van der Waals surface area contributed by atoms with Gasteiger partial charge >= 0.3 is 6.16 Å². The molecule has 1 aliphatic carbocycles. The second kappa shape index (κ2) is 7.71. The number of nitrogens with one attached hydrogen (secondary N) is 2. The smallest absolute Gasteiger partial charge is 0.504 e. The van der Waals surface area contributed by atoms with E-state index in [2.05, 4.69) is 26.0 Å². The van der Waals surface area contributed by atoms with Crippen LogP contribution in [0.1, 0.15) is 17.5 Å². The number of carbonyl (C=O) groups is 1. The van der Waals surface area contributed by atoms with E-state index < -0.39 is 23.2 Å². The standard InChI is InChI=1S/C19H23N3O5/c1-22(2)9-8-20-12-6-7-13-11(10-12)4-3-5-14-15(13)21-18(24)17(16(14)23)27-19(25)26/h6-7,10,20H,3-5,8-9H2,1-2H3,(H,25,26)(H2,21,23,24). The molecule has 0 atom stereocenters. The Hall–Kier alpha value is -3.00. The summed E-state index contributed by atoms with van der Waals surface area (Å²) in [6, 6.07) is 5.89. The molecular formula is C19H23N3O5. The average molecular weight is 373 g/mol.